The van der Waals surface area contributed by atoms with Crippen LogP contribution >= 0.6 is 7.92 Å². The van der Waals surface area contributed by atoms with Crippen molar-refractivity contribution in [1.82, 2.24) is 0 Å². The molecular weight excluding hydrogens is 325 g/mol. The van der Waals surface area contributed by atoms with Gasteiger partial charge in [-0.2, -0.15) is 26.3 Å². The summed E-state index contributed by atoms with van der Waals surface area (Å²) in [4.78, 5) is 0. The highest BCUT2D eigenvalue weighted by molar-refractivity contribution is 7.72. The van der Waals surface area contributed by atoms with Gasteiger partial charge in [-0.05, 0) is 49.5 Å². The Hall–Kier alpha value is -1.55. The third kappa shape index (κ3) is 3.80. The van der Waals surface area contributed by atoms with Crippen LogP contribution in [0.2, 0.25) is 0 Å². The highest BCUT2D eigenvalue weighted by atomic mass is 31.1. The van der Waals surface area contributed by atoms with Crippen LogP contribution in [0.25, 0.3) is 0 Å². The molecule has 7 heteroatoms. The van der Waals surface area contributed by atoms with Gasteiger partial charge in [0.2, 0.25) is 0 Å². The minimum atomic E-state index is -4.40. The fourth-order valence-corrected chi connectivity index (χ4v) is 3.39. The van der Waals surface area contributed by atoms with Crippen LogP contribution in [0.15, 0.2) is 48.5 Å². The van der Waals surface area contributed by atoms with Gasteiger partial charge in [-0.3, -0.25) is 0 Å². The maximum Gasteiger partial charge on any atom is 0.416 e. The Labute approximate surface area is 124 Å². The molecule has 0 bridgehead atoms. The van der Waals surface area contributed by atoms with Gasteiger partial charge in [-0.1, -0.05) is 24.3 Å². The standard InChI is InChI=1S/C15H11F6P/c1-22(12-6-2-10(3-7-12)14(16,17)18)13-8-4-11(5-9-13)15(19,20)21/h2-9H,1H3. The third-order valence-corrected chi connectivity index (χ3v) is 5.31. The van der Waals surface area contributed by atoms with Crippen LogP contribution in [0.3, 0.4) is 0 Å². The van der Waals surface area contributed by atoms with Gasteiger partial charge < -0.3 is 0 Å². The van der Waals surface area contributed by atoms with Crippen LogP contribution < -0.4 is 10.6 Å². The lowest BCUT2D eigenvalue weighted by Crippen LogP contribution is -2.14. The summed E-state index contributed by atoms with van der Waals surface area (Å²) in [5.74, 6) is 0. The maximum atomic E-state index is 12.5. The average Bonchev–Trinajstić information content (AvgIpc) is 2.45. The van der Waals surface area contributed by atoms with Crippen molar-refractivity contribution in [1.29, 1.82) is 0 Å². The first-order valence-corrected chi connectivity index (χ1v) is 7.96. The monoisotopic (exact) mass is 336 g/mol. The Kier molecular flexibility index (Phi) is 4.52. The van der Waals surface area contributed by atoms with Crippen molar-refractivity contribution in [2.24, 2.45) is 0 Å². The third-order valence-electron chi connectivity index (χ3n) is 3.16. The van der Waals surface area contributed by atoms with E-state index in [0.717, 1.165) is 24.3 Å². The molecule has 22 heavy (non-hydrogen) atoms. The Morgan fingerprint density at radius 3 is 1.09 bits per heavy atom. The van der Waals surface area contributed by atoms with E-state index >= 15 is 0 Å². The second-order valence-electron chi connectivity index (χ2n) is 4.65. The minimum Gasteiger partial charge on any atom is -0.166 e. The van der Waals surface area contributed by atoms with Crippen LogP contribution in [0.5, 0.6) is 0 Å². The van der Waals surface area contributed by atoms with Gasteiger partial charge in [0.25, 0.3) is 0 Å². The highest BCUT2D eigenvalue weighted by Gasteiger charge is 2.31. The molecular formula is C15H11F6P. The van der Waals surface area contributed by atoms with Crippen LogP contribution in [0, 0.1) is 0 Å². The molecule has 2 rings (SSSR count). The van der Waals surface area contributed by atoms with Crippen molar-refractivity contribution >= 4 is 18.5 Å². The fourth-order valence-electron chi connectivity index (χ4n) is 1.90. The van der Waals surface area contributed by atoms with Crippen molar-refractivity contribution in [2.45, 2.75) is 12.4 Å². The van der Waals surface area contributed by atoms with E-state index in [0.29, 0.717) is 10.6 Å². The van der Waals surface area contributed by atoms with Crippen molar-refractivity contribution in [2.75, 3.05) is 6.66 Å². The lowest BCUT2D eigenvalue weighted by molar-refractivity contribution is -0.138. The molecule has 0 unspecified atom stereocenters. The van der Waals surface area contributed by atoms with Gasteiger partial charge >= 0.3 is 12.4 Å². The number of hydrogen-bond acceptors (Lipinski definition) is 0. The molecule has 2 aromatic carbocycles. The van der Waals surface area contributed by atoms with Gasteiger partial charge in [-0.25, -0.2) is 0 Å². The molecule has 0 saturated carbocycles. The first kappa shape index (κ1) is 16.8. The number of hydrogen-bond donors (Lipinski definition) is 0. The zero-order chi connectivity index (χ0) is 16.5. The zero-order valence-electron chi connectivity index (χ0n) is 11.3. The minimum absolute atomic E-state index is 0.669. The molecule has 0 saturated heterocycles. The summed E-state index contributed by atoms with van der Waals surface area (Å²) in [5, 5.41) is 1.34. The molecule has 0 aromatic heterocycles. The normalized spacial score (nSPS) is 12.7. The lowest BCUT2D eigenvalue weighted by Gasteiger charge is -2.15. The molecule has 0 aliphatic rings. The summed E-state index contributed by atoms with van der Waals surface area (Å²) in [6.07, 6.45) is -8.80. The number of halogens is 6. The second-order valence-corrected chi connectivity index (χ2v) is 6.80. The number of alkyl halides is 6. The lowest BCUT2D eigenvalue weighted by atomic mass is 10.2. The molecule has 118 valence electrons. The molecule has 0 heterocycles. The van der Waals surface area contributed by atoms with E-state index in [1.54, 1.807) is 6.66 Å². The summed E-state index contributed by atoms with van der Waals surface area (Å²) in [6, 6.07) is 9.41. The SMILES string of the molecule is CP(c1ccc(C(F)(F)F)cc1)c1ccc(C(F)(F)F)cc1. The summed E-state index contributed by atoms with van der Waals surface area (Å²) in [7, 11) is -1.00. The molecule has 0 spiro atoms. The summed E-state index contributed by atoms with van der Waals surface area (Å²) in [5.41, 5.74) is -1.49. The topological polar surface area (TPSA) is 0 Å². The maximum absolute atomic E-state index is 12.5. The largest absolute Gasteiger partial charge is 0.416 e. The first-order chi connectivity index (χ1) is 10.1. The summed E-state index contributed by atoms with van der Waals surface area (Å²) in [6.45, 7) is 1.79. The Balaban J connectivity index is 2.23. The number of benzene rings is 2. The predicted octanol–water partition coefficient (Wildman–Crippen LogP) is 4.79. The Morgan fingerprint density at radius 1 is 0.591 bits per heavy atom. The van der Waals surface area contributed by atoms with Crippen molar-refractivity contribution in [3.05, 3.63) is 59.7 Å². The Morgan fingerprint density at radius 2 is 0.864 bits per heavy atom. The smallest absolute Gasteiger partial charge is 0.166 e. The summed E-state index contributed by atoms with van der Waals surface area (Å²) < 4.78 is 75.0. The quantitative estimate of drug-likeness (QED) is 0.547. The zero-order valence-corrected chi connectivity index (χ0v) is 12.2. The molecule has 0 radical (unpaired) electrons. The van der Waals surface area contributed by atoms with Crippen LogP contribution in [0.4, 0.5) is 26.3 Å². The average molecular weight is 336 g/mol. The van der Waals surface area contributed by atoms with E-state index in [4.69, 9.17) is 0 Å². The Bertz CT molecular complexity index is 568. The fraction of sp³-hybridized carbons (Fsp3) is 0.200. The van der Waals surface area contributed by atoms with Gasteiger partial charge in [0.15, 0.2) is 0 Å². The van der Waals surface area contributed by atoms with E-state index in [1.165, 1.54) is 24.3 Å². The first-order valence-electron chi connectivity index (χ1n) is 6.17. The van der Waals surface area contributed by atoms with Crippen molar-refractivity contribution < 1.29 is 26.3 Å². The van der Waals surface area contributed by atoms with E-state index in [1.807, 2.05) is 0 Å². The van der Waals surface area contributed by atoms with Crippen LogP contribution in [-0.2, 0) is 12.4 Å². The van der Waals surface area contributed by atoms with E-state index < -0.39 is 31.4 Å². The van der Waals surface area contributed by atoms with Crippen molar-refractivity contribution in [3.8, 4) is 0 Å². The molecule has 0 amide bonds. The van der Waals surface area contributed by atoms with Gasteiger partial charge in [0.05, 0.1) is 11.1 Å². The van der Waals surface area contributed by atoms with Gasteiger partial charge in [-0.15, -0.1) is 0 Å². The van der Waals surface area contributed by atoms with E-state index in [-0.39, 0.29) is 0 Å². The second kappa shape index (κ2) is 5.92. The predicted molar refractivity (Wildman–Crippen MR) is 75.0 cm³/mol. The van der Waals surface area contributed by atoms with Gasteiger partial charge in [0.1, 0.15) is 0 Å². The molecule has 0 atom stereocenters. The number of rotatable bonds is 2. The molecule has 2 aromatic rings. The van der Waals surface area contributed by atoms with E-state index in [2.05, 4.69) is 0 Å². The van der Waals surface area contributed by atoms with Gasteiger partial charge in [0, 0.05) is 0 Å². The van der Waals surface area contributed by atoms with E-state index in [9.17, 15) is 26.3 Å². The molecule has 0 fully saturated rings. The highest BCUT2D eigenvalue weighted by Crippen LogP contribution is 2.34. The summed E-state index contributed by atoms with van der Waals surface area (Å²) >= 11 is 0. The van der Waals surface area contributed by atoms with Crippen molar-refractivity contribution in [3.63, 3.8) is 0 Å². The molecule has 0 nitrogen and oxygen atoms in total. The van der Waals surface area contributed by atoms with Crippen LogP contribution in [-0.4, -0.2) is 6.66 Å². The molecule has 0 aliphatic heterocycles. The van der Waals surface area contributed by atoms with Crippen LogP contribution in [0.1, 0.15) is 11.1 Å². The molecule has 0 N–H and O–H groups in total. The molecule has 0 aliphatic carbocycles.